The maximum Gasteiger partial charge on any atom is 0.309 e. The van der Waals surface area contributed by atoms with Crippen LogP contribution >= 0.6 is 0 Å². The number of H-pyrrole nitrogens is 1. The number of anilines is 3. The molecule has 2 aliphatic heterocycles. The number of carbonyl (C=O) groups is 3. The van der Waals surface area contributed by atoms with Gasteiger partial charge in [0.1, 0.15) is 5.82 Å². The summed E-state index contributed by atoms with van der Waals surface area (Å²) in [5, 5.41) is 5.47. The first-order chi connectivity index (χ1) is 16.2. The van der Waals surface area contributed by atoms with Gasteiger partial charge >= 0.3 is 5.97 Å². The molecule has 2 amide bonds. The van der Waals surface area contributed by atoms with Crippen LogP contribution in [-0.4, -0.2) is 47.4 Å². The fraction of sp³-hybridized carbons (Fsp3) is 0.458. The zero-order valence-electron chi connectivity index (χ0n) is 19.6. The van der Waals surface area contributed by atoms with E-state index in [0.717, 1.165) is 11.1 Å². The summed E-state index contributed by atoms with van der Waals surface area (Å²) in [6, 6.07) is 5.66. The average Bonchev–Trinajstić information content (AvgIpc) is 2.77. The van der Waals surface area contributed by atoms with Crippen molar-refractivity contribution in [1.82, 2.24) is 9.97 Å². The standard InChI is InChI=1S/C24H29N5O5/c1-4-34-23(33)15-5-7-29(8-6-15)24-27-20-19(22(32)28-24)17(12-18(30)26-20)21(31)25-16-10-13(2)9-14(3)11-16/h9-11,15,17H,4-8,12H2,1-3H3,(H,25,31)(H2,26,27,28,30,32). The summed E-state index contributed by atoms with van der Waals surface area (Å²) >= 11 is 0. The molecule has 2 aliphatic rings. The van der Waals surface area contributed by atoms with E-state index in [4.69, 9.17) is 4.74 Å². The average molecular weight is 468 g/mol. The summed E-state index contributed by atoms with van der Waals surface area (Å²) in [5.74, 6) is -1.75. The van der Waals surface area contributed by atoms with Gasteiger partial charge in [0.2, 0.25) is 17.8 Å². The Hall–Kier alpha value is -3.69. The van der Waals surface area contributed by atoms with Crippen LogP contribution in [0.3, 0.4) is 0 Å². The SMILES string of the molecule is CCOC(=O)C1CCN(c2nc3c(c(=O)[nH]2)C(C(=O)Nc2cc(C)cc(C)c2)CC(=O)N3)CC1. The van der Waals surface area contributed by atoms with Crippen LogP contribution in [0.4, 0.5) is 17.5 Å². The van der Waals surface area contributed by atoms with Crippen LogP contribution in [0.25, 0.3) is 0 Å². The van der Waals surface area contributed by atoms with E-state index >= 15 is 0 Å². The van der Waals surface area contributed by atoms with Gasteiger partial charge in [-0.05, 0) is 56.9 Å². The number of rotatable bonds is 5. The highest BCUT2D eigenvalue weighted by atomic mass is 16.5. The van der Waals surface area contributed by atoms with Gasteiger partial charge in [-0.1, -0.05) is 6.07 Å². The molecule has 0 aliphatic carbocycles. The van der Waals surface area contributed by atoms with Crippen LogP contribution in [0, 0.1) is 19.8 Å². The maximum absolute atomic E-state index is 13.1. The smallest absolute Gasteiger partial charge is 0.309 e. The summed E-state index contributed by atoms with van der Waals surface area (Å²) in [6.45, 7) is 7.00. The predicted molar refractivity (Wildman–Crippen MR) is 127 cm³/mol. The van der Waals surface area contributed by atoms with E-state index in [-0.39, 0.29) is 35.6 Å². The minimum atomic E-state index is -0.954. The molecule has 3 heterocycles. The fourth-order valence-corrected chi connectivity index (χ4v) is 4.60. The van der Waals surface area contributed by atoms with E-state index in [1.165, 1.54) is 0 Å². The Kier molecular flexibility index (Phi) is 6.67. The number of ether oxygens (including phenoxy) is 1. The van der Waals surface area contributed by atoms with Gasteiger partial charge in [0.25, 0.3) is 5.56 Å². The summed E-state index contributed by atoms with van der Waals surface area (Å²) in [7, 11) is 0. The van der Waals surface area contributed by atoms with E-state index in [1.54, 1.807) is 6.92 Å². The molecule has 1 atom stereocenters. The molecule has 10 nitrogen and oxygen atoms in total. The van der Waals surface area contributed by atoms with Crippen LogP contribution < -0.4 is 21.1 Å². The second kappa shape index (κ2) is 9.66. The van der Waals surface area contributed by atoms with Crippen molar-refractivity contribution in [2.45, 2.75) is 46.0 Å². The van der Waals surface area contributed by atoms with Crippen LogP contribution in [0.1, 0.15) is 48.8 Å². The number of aromatic nitrogens is 2. The molecule has 1 aromatic carbocycles. The fourth-order valence-electron chi connectivity index (χ4n) is 4.60. The molecule has 1 aromatic heterocycles. The normalized spacial score (nSPS) is 18.1. The third-order valence-electron chi connectivity index (χ3n) is 6.16. The van der Waals surface area contributed by atoms with E-state index in [2.05, 4.69) is 20.6 Å². The predicted octanol–water partition coefficient (Wildman–Crippen LogP) is 2.23. The molecule has 1 saturated heterocycles. The second-order valence-corrected chi connectivity index (χ2v) is 8.84. The number of aryl methyl sites for hydroxylation is 2. The number of amides is 2. The largest absolute Gasteiger partial charge is 0.466 e. The van der Waals surface area contributed by atoms with E-state index in [0.29, 0.717) is 44.2 Å². The van der Waals surface area contributed by atoms with Gasteiger partial charge in [-0.25, -0.2) is 0 Å². The molecule has 3 N–H and O–H groups in total. The van der Waals surface area contributed by atoms with Crippen molar-refractivity contribution >= 4 is 35.2 Å². The third-order valence-corrected chi connectivity index (χ3v) is 6.16. The number of esters is 1. The molecule has 1 fully saturated rings. The van der Waals surface area contributed by atoms with Crippen molar-refractivity contribution in [1.29, 1.82) is 0 Å². The first-order valence-electron chi connectivity index (χ1n) is 11.5. The van der Waals surface area contributed by atoms with Gasteiger partial charge in [-0.2, -0.15) is 4.98 Å². The maximum atomic E-state index is 13.1. The van der Waals surface area contributed by atoms with Crippen LogP contribution in [0.15, 0.2) is 23.0 Å². The molecule has 10 heteroatoms. The lowest BCUT2D eigenvalue weighted by molar-refractivity contribution is -0.148. The molecule has 34 heavy (non-hydrogen) atoms. The van der Waals surface area contributed by atoms with Gasteiger partial charge in [0, 0.05) is 25.2 Å². The minimum absolute atomic E-state index is 0.100. The number of nitrogens with zero attached hydrogens (tertiary/aromatic N) is 2. The molecular formula is C24H29N5O5. The molecule has 180 valence electrons. The van der Waals surface area contributed by atoms with Crippen LogP contribution in [-0.2, 0) is 19.1 Å². The number of benzene rings is 1. The minimum Gasteiger partial charge on any atom is -0.466 e. The molecule has 0 bridgehead atoms. The monoisotopic (exact) mass is 467 g/mol. The van der Waals surface area contributed by atoms with E-state index < -0.39 is 17.4 Å². The van der Waals surface area contributed by atoms with Crippen molar-refractivity contribution < 1.29 is 19.1 Å². The first-order valence-corrected chi connectivity index (χ1v) is 11.5. The highest BCUT2D eigenvalue weighted by Gasteiger charge is 2.36. The van der Waals surface area contributed by atoms with Gasteiger partial charge in [-0.3, -0.25) is 24.2 Å². The van der Waals surface area contributed by atoms with Crippen molar-refractivity contribution in [2.24, 2.45) is 5.92 Å². The lowest BCUT2D eigenvalue weighted by Crippen LogP contribution is -2.41. The highest BCUT2D eigenvalue weighted by molar-refractivity contribution is 6.04. The van der Waals surface area contributed by atoms with Crippen molar-refractivity contribution in [3.8, 4) is 0 Å². The number of nitrogens with one attached hydrogen (secondary N) is 3. The Morgan fingerprint density at radius 2 is 1.82 bits per heavy atom. The first kappa shape index (κ1) is 23.5. The molecule has 1 unspecified atom stereocenters. The number of hydrogen-bond acceptors (Lipinski definition) is 7. The molecule has 0 spiro atoms. The summed E-state index contributed by atoms with van der Waals surface area (Å²) in [4.78, 5) is 59.6. The zero-order chi connectivity index (χ0) is 24.4. The molecule has 2 aromatic rings. The highest BCUT2D eigenvalue weighted by Crippen LogP contribution is 2.31. The second-order valence-electron chi connectivity index (χ2n) is 8.84. The Bertz CT molecular complexity index is 1160. The topological polar surface area (TPSA) is 133 Å². The Labute approximate surface area is 197 Å². The summed E-state index contributed by atoms with van der Waals surface area (Å²) < 4.78 is 5.10. The van der Waals surface area contributed by atoms with Crippen molar-refractivity contribution in [3.63, 3.8) is 0 Å². The van der Waals surface area contributed by atoms with Gasteiger partial charge in [-0.15, -0.1) is 0 Å². The van der Waals surface area contributed by atoms with Crippen molar-refractivity contribution in [3.05, 3.63) is 45.2 Å². The van der Waals surface area contributed by atoms with E-state index in [9.17, 15) is 19.2 Å². The number of hydrogen-bond donors (Lipinski definition) is 3. The number of piperidine rings is 1. The molecular weight excluding hydrogens is 438 g/mol. The zero-order valence-corrected chi connectivity index (χ0v) is 19.6. The van der Waals surface area contributed by atoms with Crippen LogP contribution in [0.5, 0.6) is 0 Å². The number of fused-ring (bicyclic) bond motifs is 1. The lowest BCUT2D eigenvalue weighted by Gasteiger charge is -2.32. The summed E-state index contributed by atoms with van der Waals surface area (Å²) in [6.07, 6.45) is 1.01. The van der Waals surface area contributed by atoms with E-state index in [1.807, 2.05) is 36.9 Å². The quantitative estimate of drug-likeness (QED) is 0.574. The Balaban J connectivity index is 1.55. The number of aromatic amines is 1. The van der Waals surface area contributed by atoms with Gasteiger partial charge in [0.05, 0.1) is 24.0 Å². The Morgan fingerprint density at radius 3 is 2.47 bits per heavy atom. The Morgan fingerprint density at radius 1 is 1.15 bits per heavy atom. The summed E-state index contributed by atoms with van der Waals surface area (Å²) in [5.41, 5.74) is 2.28. The third kappa shape index (κ3) is 4.95. The van der Waals surface area contributed by atoms with Gasteiger partial charge in [0.15, 0.2) is 0 Å². The molecule has 0 radical (unpaired) electrons. The van der Waals surface area contributed by atoms with Crippen LogP contribution in [0.2, 0.25) is 0 Å². The molecule has 4 rings (SSSR count). The van der Waals surface area contributed by atoms with Gasteiger partial charge < -0.3 is 20.3 Å². The number of carbonyl (C=O) groups excluding carboxylic acids is 3. The van der Waals surface area contributed by atoms with Crippen molar-refractivity contribution in [2.75, 3.05) is 35.2 Å². The molecule has 0 saturated carbocycles. The lowest BCUT2D eigenvalue weighted by atomic mass is 9.92.